The van der Waals surface area contributed by atoms with Gasteiger partial charge in [-0.3, -0.25) is 0 Å². The van der Waals surface area contributed by atoms with Gasteiger partial charge in [0.15, 0.2) is 5.69 Å². The van der Waals surface area contributed by atoms with E-state index < -0.39 is 11.9 Å². The predicted octanol–water partition coefficient (Wildman–Crippen LogP) is 5.27. The van der Waals surface area contributed by atoms with Gasteiger partial charge in [0.2, 0.25) is 0 Å². The average Bonchev–Trinajstić information content (AvgIpc) is 2.58. The molecule has 10 heteroatoms. The molecule has 2 aromatic rings. The van der Waals surface area contributed by atoms with Gasteiger partial charge < -0.3 is 10.6 Å². The summed E-state index contributed by atoms with van der Waals surface area (Å²) < 4.78 is 40.8. The van der Waals surface area contributed by atoms with E-state index in [0.29, 0.717) is 30.8 Å². The zero-order valence-corrected chi connectivity index (χ0v) is 16.7. The van der Waals surface area contributed by atoms with Crippen LogP contribution in [0.25, 0.3) is 0 Å². The molecule has 0 aliphatic carbocycles. The van der Waals surface area contributed by atoms with Gasteiger partial charge in [0.25, 0.3) is 0 Å². The van der Waals surface area contributed by atoms with Crippen molar-refractivity contribution < 1.29 is 13.2 Å². The molecule has 27 heavy (non-hydrogen) atoms. The third-order valence-electron chi connectivity index (χ3n) is 4.35. The van der Waals surface area contributed by atoms with E-state index in [1.54, 1.807) is 23.1 Å². The van der Waals surface area contributed by atoms with Crippen LogP contribution in [0.4, 0.5) is 19.0 Å². The fourth-order valence-electron chi connectivity index (χ4n) is 2.69. The van der Waals surface area contributed by atoms with Crippen LogP contribution in [-0.4, -0.2) is 28.6 Å². The normalized spacial score (nSPS) is 17.2. The second-order valence-electron chi connectivity index (χ2n) is 6.67. The fourth-order valence-corrected chi connectivity index (χ4v) is 4.08. The van der Waals surface area contributed by atoms with E-state index in [0.717, 1.165) is 11.8 Å². The molecule has 1 aliphatic rings. The molecule has 2 heterocycles. The van der Waals surface area contributed by atoms with E-state index in [-0.39, 0.29) is 26.4 Å². The van der Waals surface area contributed by atoms with E-state index in [1.165, 1.54) is 6.20 Å². The number of aromatic nitrogens is 2. The molecule has 0 saturated carbocycles. The summed E-state index contributed by atoms with van der Waals surface area (Å²) in [5, 5.41) is 0.176. The van der Waals surface area contributed by atoms with Crippen molar-refractivity contribution in [3.8, 4) is 0 Å². The Balaban J connectivity index is 1.92. The Morgan fingerprint density at radius 2 is 1.89 bits per heavy atom. The van der Waals surface area contributed by atoms with Gasteiger partial charge >= 0.3 is 6.18 Å². The summed E-state index contributed by atoms with van der Waals surface area (Å²) in [5.41, 5.74) is 4.74. The SMILES string of the molecule is CC1(N)CCN(c2cnc(Sc3cccc(Cl)c3Cl)c(C(F)(F)F)n2)CC1. The number of halogens is 5. The molecule has 146 valence electrons. The van der Waals surface area contributed by atoms with Crippen LogP contribution in [0, 0.1) is 0 Å². The van der Waals surface area contributed by atoms with Crippen LogP contribution in [0.5, 0.6) is 0 Å². The minimum atomic E-state index is -4.64. The van der Waals surface area contributed by atoms with Crippen LogP contribution in [0.3, 0.4) is 0 Å². The number of hydrogen-bond acceptors (Lipinski definition) is 5. The number of anilines is 1. The zero-order chi connectivity index (χ0) is 19.8. The highest BCUT2D eigenvalue weighted by Crippen LogP contribution is 2.41. The van der Waals surface area contributed by atoms with Crippen LogP contribution >= 0.6 is 35.0 Å². The van der Waals surface area contributed by atoms with Crippen molar-refractivity contribution >= 4 is 40.8 Å². The monoisotopic (exact) mass is 436 g/mol. The molecular formula is C17H17Cl2F3N4S. The molecule has 4 nitrogen and oxygen atoms in total. The third-order valence-corrected chi connectivity index (χ3v) is 6.33. The Kier molecular flexibility index (Phi) is 5.82. The Bertz CT molecular complexity index is 835. The zero-order valence-electron chi connectivity index (χ0n) is 14.4. The highest BCUT2D eigenvalue weighted by atomic mass is 35.5. The topological polar surface area (TPSA) is 55.0 Å². The molecule has 3 rings (SSSR count). The van der Waals surface area contributed by atoms with Crippen molar-refractivity contribution in [3.63, 3.8) is 0 Å². The van der Waals surface area contributed by atoms with E-state index in [1.807, 2.05) is 6.92 Å². The van der Waals surface area contributed by atoms with Crippen molar-refractivity contribution in [2.24, 2.45) is 5.73 Å². The first-order chi connectivity index (χ1) is 12.6. The van der Waals surface area contributed by atoms with E-state index in [9.17, 15) is 13.2 Å². The molecule has 1 aromatic carbocycles. The maximum Gasteiger partial charge on any atom is 0.436 e. The maximum absolute atomic E-state index is 13.6. The summed E-state index contributed by atoms with van der Waals surface area (Å²) in [4.78, 5) is 10.1. The number of benzene rings is 1. The van der Waals surface area contributed by atoms with Gasteiger partial charge in [0.1, 0.15) is 10.8 Å². The van der Waals surface area contributed by atoms with Crippen molar-refractivity contribution in [1.29, 1.82) is 0 Å². The van der Waals surface area contributed by atoms with Gasteiger partial charge in [-0.15, -0.1) is 0 Å². The van der Waals surface area contributed by atoms with E-state index >= 15 is 0 Å². The highest BCUT2D eigenvalue weighted by molar-refractivity contribution is 7.99. The number of piperidine rings is 1. The molecule has 0 unspecified atom stereocenters. The smallest absolute Gasteiger partial charge is 0.355 e. The quantitative estimate of drug-likeness (QED) is 0.709. The molecule has 0 radical (unpaired) electrons. The maximum atomic E-state index is 13.6. The first-order valence-corrected chi connectivity index (χ1v) is 9.74. The summed E-state index contributed by atoms with van der Waals surface area (Å²) in [7, 11) is 0. The Labute approximate surface area is 169 Å². The molecule has 2 N–H and O–H groups in total. The van der Waals surface area contributed by atoms with Gasteiger partial charge in [0.05, 0.1) is 16.2 Å². The minimum absolute atomic E-state index is 0.182. The average molecular weight is 437 g/mol. The van der Waals surface area contributed by atoms with E-state index in [2.05, 4.69) is 9.97 Å². The molecule has 0 spiro atoms. The molecular weight excluding hydrogens is 420 g/mol. The lowest BCUT2D eigenvalue weighted by Gasteiger charge is -2.37. The molecule has 0 bridgehead atoms. The number of rotatable bonds is 3. The largest absolute Gasteiger partial charge is 0.436 e. The van der Waals surface area contributed by atoms with Crippen molar-refractivity contribution in [2.75, 3.05) is 18.0 Å². The summed E-state index contributed by atoms with van der Waals surface area (Å²) >= 11 is 12.8. The molecule has 1 aromatic heterocycles. The van der Waals surface area contributed by atoms with Gasteiger partial charge in [0, 0.05) is 23.5 Å². The van der Waals surface area contributed by atoms with Crippen LogP contribution in [0.15, 0.2) is 34.3 Å². The lowest BCUT2D eigenvalue weighted by atomic mass is 9.91. The van der Waals surface area contributed by atoms with Gasteiger partial charge in [-0.1, -0.05) is 41.0 Å². The number of nitrogens with zero attached hydrogens (tertiary/aromatic N) is 3. The second kappa shape index (κ2) is 7.66. The Morgan fingerprint density at radius 3 is 2.52 bits per heavy atom. The number of alkyl halides is 3. The first kappa shape index (κ1) is 20.5. The second-order valence-corrected chi connectivity index (χ2v) is 8.49. The molecule has 1 saturated heterocycles. The summed E-state index contributed by atoms with van der Waals surface area (Å²) in [5.74, 6) is 0.194. The molecule has 1 fully saturated rings. The minimum Gasteiger partial charge on any atom is -0.355 e. The van der Waals surface area contributed by atoms with Crippen molar-refractivity contribution in [2.45, 2.75) is 41.4 Å². The van der Waals surface area contributed by atoms with Crippen LogP contribution in [0.1, 0.15) is 25.5 Å². The van der Waals surface area contributed by atoms with Crippen LogP contribution in [-0.2, 0) is 6.18 Å². The Hall–Kier alpha value is -1.22. The van der Waals surface area contributed by atoms with Gasteiger partial charge in [-0.2, -0.15) is 13.2 Å². The lowest BCUT2D eigenvalue weighted by Crippen LogP contribution is -2.48. The van der Waals surface area contributed by atoms with Crippen LogP contribution < -0.4 is 10.6 Å². The molecule has 1 aliphatic heterocycles. The number of hydrogen-bond donors (Lipinski definition) is 1. The fraction of sp³-hybridized carbons (Fsp3) is 0.412. The van der Waals surface area contributed by atoms with E-state index in [4.69, 9.17) is 28.9 Å². The summed E-state index contributed by atoms with van der Waals surface area (Å²) in [6.07, 6.45) is -1.95. The summed E-state index contributed by atoms with van der Waals surface area (Å²) in [6, 6.07) is 4.76. The van der Waals surface area contributed by atoms with Crippen LogP contribution in [0.2, 0.25) is 10.0 Å². The highest BCUT2D eigenvalue weighted by Gasteiger charge is 2.38. The van der Waals surface area contributed by atoms with Crippen molar-refractivity contribution in [3.05, 3.63) is 40.1 Å². The predicted molar refractivity (Wildman–Crippen MR) is 102 cm³/mol. The van der Waals surface area contributed by atoms with Crippen molar-refractivity contribution in [1.82, 2.24) is 9.97 Å². The van der Waals surface area contributed by atoms with Gasteiger partial charge in [-0.25, -0.2) is 9.97 Å². The summed E-state index contributed by atoms with van der Waals surface area (Å²) in [6.45, 7) is 3.00. The first-order valence-electron chi connectivity index (χ1n) is 8.17. The molecule has 0 amide bonds. The third kappa shape index (κ3) is 4.80. The standard InChI is InChI=1S/C17H17Cl2F3N4S/c1-16(23)5-7-26(8-6-16)12-9-24-15(14(25-12)17(20,21)22)27-11-4-2-3-10(18)13(11)19/h2-4,9H,5-8,23H2,1H3. The lowest BCUT2D eigenvalue weighted by molar-refractivity contribution is -0.143. The Morgan fingerprint density at radius 1 is 1.22 bits per heavy atom. The number of nitrogens with two attached hydrogens (primary N) is 1. The molecule has 0 atom stereocenters. The van der Waals surface area contributed by atoms with Gasteiger partial charge in [-0.05, 0) is 31.9 Å².